The van der Waals surface area contributed by atoms with Crippen molar-refractivity contribution in [2.24, 2.45) is 0 Å². The van der Waals surface area contributed by atoms with Crippen LogP contribution in [0.1, 0.15) is 11.3 Å². The number of nitrogens with one attached hydrogen (secondary N) is 1. The summed E-state index contributed by atoms with van der Waals surface area (Å²) in [6, 6.07) is 16.0. The van der Waals surface area contributed by atoms with Gasteiger partial charge in [0, 0.05) is 34.5 Å². The molecule has 8 heteroatoms. The van der Waals surface area contributed by atoms with Gasteiger partial charge in [0.2, 0.25) is 0 Å². The third-order valence-corrected chi connectivity index (χ3v) is 4.33. The molecule has 0 fully saturated rings. The van der Waals surface area contributed by atoms with Crippen LogP contribution in [0.25, 0.3) is 17.4 Å². The first-order valence-electron chi connectivity index (χ1n) is 8.41. The van der Waals surface area contributed by atoms with Gasteiger partial charge in [-0.3, -0.25) is 14.9 Å². The number of non-ortho nitro benzene ring substituents is 1. The number of nitro benzene ring substituents is 1. The third kappa shape index (κ3) is 4.69. The number of carbonyl (C=O) groups excluding carboxylic acids is 1. The molecule has 0 atom stereocenters. The van der Waals surface area contributed by atoms with Gasteiger partial charge in [-0.15, -0.1) is 0 Å². The summed E-state index contributed by atoms with van der Waals surface area (Å²) in [5.41, 5.74) is 1.63. The summed E-state index contributed by atoms with van der Waals surface area (Å²) in [6.45, 7) is 1.80. The summed E-state index contributed by atoms with van der Waals surface area (Å²) in [4.78, 5) is 22.9. The fourth-order valence-electron chi connectivity index (χ4n) is 2.59. The number of furan rings is 1. The van der Waals surface area contributed by atoms with E-state index in [0.29, 0.717) is 22.0 Å². The lowest BCUT2D eigenvalue weighted by Crippen LogP contribution is -2.13. The Kier molecular flexibility index (Phi) is 5.77. The van der Waals surface area contributed by atoms with Gasteiger partial charge in [0.25, 0.3) is 11.6 Å². The summed E-state index contributed by atoms with van der Waals surface area (Å²) >= 11 is 5.81. The van der Waals surface area contributed by atoms with Crippen LogP contribution in [0.15, 0.2) is 64.6 Å². The zero-order chi connectivity index (χ0) is 21.0. The van der Waals surface area contributed by atoms with E-state index < -0.39 is 10.8 Å². The number of hydrogen-bond acceptors (Lipinski definition) is 5. The zero-order valence-corrected chi connectivity index (χ0v) is 15.9. The van der Waals surface area contributed by atoms with Crippen LogP contribution in [0, 0.1) is 28.4 Å². The molecule has 7 nitrogen and oxygen atoms in total. The van der Waals surface area contributed by atoms with Crippen molar-refractivity contribution in [2.75, 3.05) is 5.32 Å². The number of hydrogen-bond donors (Lipinski definition) is 1. The third-order valence-electron chi connectivity index (χ3n) is 4.08. The maximum Gasteiger partial charge on any atom is 0.270 e. The highest BCUT2D eigenvalue weighted by Crippen LogP contribution is 2.29. The number of carbonyl (C=O) groups is 1. The van der Waals surface area contributed by atoms with E-state index in [2.05, 4.69) is 5.32 Å². The zero-order valence-electron chi connectivity index (χ0n) is 15.2. The molecule has 1 heterocycles. The van der Waals surface area contributed by atoms with Crippen molar-refractivity contribution in [2.45, 2.75) is 6.92 Å². The highest BCUT2D eigenvalue weighted by molar-refractivity contribution is 6.30. The van der Waals surface area contributed by atoms with Gasteiger partial charge in [-0.1, -0.05) is 17.7 Å². The Balaban J connectivity index is 1.85. The second kappa shape index (κ2) is 8.42. The lowest BCUT2D eigenvalue weighted by molar-refractivity contribution is -0.384. The smallest absolute Gasteiger partial charge is 0.270 e. The molecule has 0 spiro atoms. The minimum absolute atomic E-state index is 0.0563. The van der Waals surface area contributed by atoms with E-state index in [1.54, 1.807) is 49.4 Å². The topological polar surface area (TPSA) is 109 Å². The molecule has 0 bridgehead atoms. The van der Waals surface area contributed by atoms with Gasteiger partial charge in [-0.05, 0) is 48.9 Å². The van der Waals surface area contributed by atoms with Crippen LogP contribution < -0.4 is 5.32 Å². The van der Waals surface area contributed by atoms with Crippen molar-refractivity contribution in [3.8, 4) is 17.4 Å². The van der Waals surface area contributed by atoms with Crippen LogP contribution in [0.4, 0.5) is 11.4 Å². The van der Waals surface area contributed by atoms with Crippen molar-refractivity contribution in [1.82, 2.24) is 0 Å². The molecule has 2 aromatic carbocycles. The minimum atomic E-state index is -0.598. The fourth-order valence-corrected chi connectivity index (χ4v) is 2.71. The Labute approximate surface area is 171 Å². The van der Waals surface area contributed by atoms with Gasteiger partial charge in [-0.2, -0.15) is 5.26 Å². The van der Waals surface area contributed by atoms with E-state index in [4.69, 9.17) is 16.0 Å². The molecule has 144 valence electrons. The normalized spacial score (nSPS) is 11.0. The Bertz CT molecular complexity index is 1160. The van der Waals surface area contributed by atoms with Crippen molar-refractivity contribution in [3.05, 3.63) is 86.6 Å². The Morgan fingerprint density at radius 3 is 2.59 bits per heavy atom. The number of aryl methyl sites for hydroxylation is 1. The highest BCUT2D eigenvalue weighted by atomic mass is 35.5. The molecule has 0 radical (unpaired) electrons. The molecule has 0 saturated heterocycles. The number of halogens is 1. The molecular formula is C21H14ClN3O4. The Morgan fingerprint density at radius 2 is 1.93 bits per heavy atom. The van der Waals surface area contributed by atoms with Gasteiger partial charge in [0.15, 0.2) is 0 Å². The van der Waals surface area contributed by atoms with Gasteiger partial charge in [0.05, 0.1) is 4.92 Å². The molecule has 0 saturated carbocycles. The molecule has 0 aliphatic heterocycles. The molecule has 0 unspecified atom stereocenters. The molecule has 1 N–H and O–H groups in total. The summed E-state index contributed by atoms with van der Waals surface area (Å²) in [7, 11) is 0. The summed E-state index contributed by atoms with van der Waals surface area (Å²) in [6.07, 6.45) is 1.31. The second-order valence-electron chi connectivity index (χ2n) is 6.09. The molecule has 1 amide bonds. The molecule has 3 rings (SSSR count). The molecule has 0 aliphatic rings. The first-order valence-corrected chi connectivity index (χ1v) is 8.79. The number of nitro groups is 1. The number of nitrogens with zero attached hydrogens (tertiary/aromatic N) is 2. The average molecular weight is 408 g/mol. The van der Waals surface area contributed by atoms with Gasteiger partial charge in [-0.25, -0.2) is 0 Å². The molecule has 1 aromatic heterocycles. The van der Waals surface area contributed by atoms with Crippen LogP contribution in [0.2, 0.25) is 5.02 Å². The van der Waals surface area contributed by atoms with Crippen molar-refractivity contribution >= 4 is 35.0 Å². The van der Waals surface area contributed by atoms with Crippen LogP contribution >= 0.6 is 11.6 Å². The van der Waals surface area contributed by atoms with E-state index >= 15 is 0 Å². The standard InChI is InChI=1S/C21H14ClN3O4/c1-13-2-7-17(25(27)28)11-19(13)20-9-8-18(29-20)10-14(12-23)21(26)24-16-5-3-15(22)4-6-16/h2-11H,1H3,(H,24,26)/b14-10-. The van der Waals surface area contributed by atoms with Gasteiger partial charge in [0.1, 0.15) is 23.2 Å². The van der Waals surface area contributed by atoms with Crippen molar-refractivity contribution in [3.63, 3.8) is 0 Å². The average Bonchev–Trinajstić information content (AvgIpc) is 3.16. The minimum Gasteiger partial charge on any atom is -0.457 e. The maximum atomic E-state index is 12.3. The van der Waals surface area contributed by atoms with Gasteiger partial charge >= 0.3 is 0 Å². The lowest BCUT2D eigenvalue weighted by Gasteiger charge is -2.04. The number of anilines is 1. The monoisotopic (exact) mass is 407 g/mol. The predicted octanol–water partition coefficient (Wildman–Crippen LogP) is 5.36. The summed E-state index contributed by atoms with van der Waals surface area (Å²) in [5, 5.41) is 23.5. The van der Waals surface area contributed by atoms with Crippen LogP contribution in [0.3, 0.4) is 0 Å². The number of benzene rings is 2. The first kappa shape index (κ1) is 19.9. The van der Waals surface area contributed by atoms with E-state index in [9.17, 15) is 20.2 Å². The Morgan fingerprint density at radius 1 is 1.21 bits per heavy atom. The second-order valence-corrected chi connectivity index (χ2v) is 6.53. The van der Waals surface area contributed by atoms with E-state index in [-0.39, 0.29) is 17.0 Å². The Hall–Kier alpha value is -3.89. The largest absolute Gasteiger partial charge is 0.457 e. The summed E-state index contributed by atoms with van der Waals surface area (Å²) < 4.78 is 5.69. The van der Waals surface area contributed by atoms with Crippen LogP contribution in [-0.4, -0.2) is 10.8 Å². The molecule has 3 aromatic rings. The quantitative estimate of drug-likeness (QED) is 0.265. The van der Waals surface area contributed by atoms with Gasteiger partial charge < -0.3 is 9.73 Å². The fraction of sp³-hybridized carbons (Fsp3) is 0.0476. The highest BCUT2D eigenvalue weighted by Gasteiger charge is 2.15. The predicted molar refractivity (Wildman–Crippen MR) is 109 cm³/mol. The first-order chi connectivity index (χ1) is 13.9. The molecular weight excluding hydrogens is 394 g/mol. The van der Waals surface area contributed by atoms with Crippen LogP contribution in [-0.2, 0) is 4.79 Å². The molecule has 29 heavy (non-hydrogen) atoms. The van der Waals surface area contributed by atoms with Crippen LogP contribution in [0.5, 0.6) is 0 Å². The van der Waals surface area contributed by atoms with E-state index in [0.717, 1.165) is 5.56 Å². The number of amides is 1. The number of rotatable bonds is 5. The SMILES string of the molecule is Cc1ccc([N+](=O)[O-])cc1-c1ccc(/C=C(/C#N)C(=O)Nc2ccc(Cl)cc2)o1. The van der Waals surface area contributed by atoms with Crippen molar-refractivity contribution < 1.29 is 14.1 Å². The number of nitriles is 1. The van der Waals surface area contributed by atoms with E-state index in [1.165, 1.54) is 18.2 Å². The van der Waals surface area contributed by atoms with E-state index in [1.807, 2.05) is 6.07 Å². The van der Waals surface area contributed by atoms with Crippen molar-refractivity contribution in [1.29, 1.82) is 5.26 Å². The molecule has 0 aliphatic carbocycles. The lowest BCUT2D eigenvalue weighted by atomic mass is 10.1. The summed E-state index contributed by atoms with van der Waals surface area (Å²) in [5.74, 6) is 0.0702. The maximum absolute atomic E-state index is 12.3.